The van der Waals surface area contributed by atoms with E-state index in [1.807, 2.05) is 25.6 Å². The highest BCUT2D eigenvalue weighted by atomic mass is 32.2. The summed E-state index contributed by atoms with van der Waals surface area (Å²) in [5, 5.41) is 13.5. The Labute approximate surface area is 92.5 Å². The molecule has 0 amide bonds. The zero-order valence-electron chi connectivity index (χ0n) is 9.92. The van der Waals surface area contributed by atoms with Gasteiger partial charge < -0.3 is 0 Å². The number of hydrogen-bond donors (Lipinski definition) is 1. The van der Waals surface area contributed by atoms with Crippen LogP contribution in [0.5, 0.6) is 0 Å². The van der Waals surface area contributed by atoms with Gasteiger partial charge >= 0.3 is 0 Å². The molecular formula is C11H22N2S. The summed E-state index contributed by atoms with van der Waals surface area (Å²) in [7, 11) is 0. The Kier molecular flexibility index (Phi) is 6.22. The van der Waals surface area contributed by atoms with E-state index < -0.39 is 0 Å². The van der Waals surface area contributed by atoms with E-state index in [0.717, 1.165) is 13.0 Å². The Hall–Kier alpha value is -0.200. The summed E-state index contributed by atoms with van der Waals surface area (Å²) in [4.78, 5) is 0. The van der Waals surface area contributed by atoms with Crippen molar-refractivity contribution in [3.05, 3.63) is 0 Å². The molecule has 0 saturated carbocycles. The van der Waals surface area contributed by atoms with E-state index in [9.17, 15) is 0 Å². The van der Waals surface area contributed by atoms with Gasteiger partial charge in [0.2, 0.25) is 0 Å². The largest absolute Gasteiger partial charge is 0.300 e. The minimum absolute atomic E-state index is 0.365. The van der Waals surface area contributed by atoms with Crippen LogP contribution in [0.25, 0.3) is 0 Å². The molecule has 0 fully saturated rings. The van der Waals surface area contributed by atoms with Gasteiger partial charge in [0.25, 0.3) is 0 Å². The van der Waals surface area contributed by atoms with Crippen molar-refractivity contribution in [1.82, 2.24) is 5.32 Å². The minimum atomic E-state index is -0.365. The molecule has 0 aliphatic heterocycles. The number of rotatable bonds is 6. The lowest BCUT2D eigenvalue weighted by Crippen LogP contribution is -2.42. The molecule has 0 aromatic carbocycles. The van der Waals surface area contributed by atoms with Gasteiger partial charge in [0.15, 0.2) is 0 Å². The van der Waals surface area contributed by atoms with Crippen LogP contribution >= 0.6 is 11.8 Å². The van der Waals surface area contributed by atoms with E-state index in [1.165, 1.54) is 0 Å². The maximum atomic E-state index is 9.08. The lowest BCUT2D eigenvalue weighted by molar-refractivity contribution is 0.429. The molecule has 14 heavy (non-hydrogen) atoms. The van der Waals surface area contributed by atoms with Crippen molar-refractivity contribution in [3.63, 3.8) is 0 Å². The minimum Gasteiger partial charge on any atom is -0.300 e. The van der Waals surface area contributed by atoms with Gasteiger partial charge in [-0.3, -0.25) is 5.32 Å². The molecule has 82 valence electrons. The van der Waals surface area contributed by atoms with E-state index in [-0.39, 0.29) is 5.54 Å². The van der Waals surface area contributed by atoms with Crippen molar-refractivity contribution >= 4 is 11.8 Å². The Morgan fingerprint density at radius 2 is 2.00 bits per heavy atom. The predicted molar refractivity (Wildman–Crippen MR) is 64.5 cm³/mol. The van der Waals surface area contributed by atoms with Crippen molar-refractivity contribution in [2.24, 2.45) is 0 Å². The standard InChI is InChI=1S/C11H22N2S/c1-6-13-11(5,8-12)7-10(4)14-9(2)3/h9-10,13H,6-7H2,1-5H3. The van der Waals surface area contributed by atoms with Crippen LogP contribution < -0.4 is 5.32 Å². The lowest BCUT2D eigenvalue weighted by atomic mass is 9.98. The summed E-state index contributed by atoms with van der Waals surface area (Å²) >= 11 is 1.93. The molecule has 0 aromatic heterocycles. The molecule has 0 aromatic rings. The Morgan fingerprint density at radius 1 is 1.43 bits per heavy atom. The number of hydrogen-bond acceptors (Lipinski definition) is 3. The summed E-state index contributed by atoms with van der Waals surface area (Å²) < 4.78 is 0. The topological polar surface area (TPSA) is 35.8 Å². The van der Waals surface area contributed by atoms with Crippen molar-refractivity contribution in [2.45, 2.75) is 57.1 Å². The first-order valence-corrected chi connectivity index (χ1v) is 6.19. The zero-order chi connectivity index (χ0) is 11.2. The second-order valence-corrected chi connectivity index (χ2v) is 6.19. The predicted octanol–water partition coefficient (Wildman–Crippen LogP) is 2.80. The molecular weight excluding hydrogens is 192 g/mol. The van der Waals surface area contributed by atoms with E-state index >= 15 is 0 Å². The summed E-state index contributed by atoms with van der Waals surface area (Å²) in [5.41, 5.74) is -0.365. The smallest absolute Gasteiger partial charge is 0.104 e. The summed E-state index contributed by atoms with van der Waals surface area (Å²) in [6.07, 6.45) is 0.903. The normalized spacial score (nSPS) is 17.5. The summed E-state index contributed by atoms with van der Waals surface area (Å²) in [6.45, 7) is 11.4. The third-order valence-electron chi connectivity index (χ3n) is 2.01. The van der Waals surface area contributed by atoms with Crippen LogP contribution in [0, 0.1) is 11.3 Å². The first-order chi connectivity index (χ1) is 6.43. The molecule has 3 heteroatoms. The lowest BCUT2D eigenvalue weighted by Gasteiger charge is -2.26. The van der Waals surface area contributed by atoms with Crippen molar-refractivity contribution in [2.75, 3.05) is 6.54 Å². The van der Waals surface area contributed by atoms with Gasteiger partial charge in [-0.25, -0.2) is 0 Å². The van der Waals surface area contributed by atoms with Crippen LogP contribution in [0.15, 0.2) is 0 Å². The molecule has 0 radical (unpaired) electrons. The van der Waals surface area contributed by atoms with E-state index in [2.05, 4.69) is 32.2 Å². The average Bonchev–Trinajstić information content (AvgIpc) is 2.02. The third kappa shape index (κ3) is 5.51. The molecule has 2 atom stereocenters. The second-order valence-electron chi connectivity index (χ2n) is 4.17. The van der Waals surface area contributed by atoms with Crippen LogP contribution in [0.3, 0.4) is 0 Å². The van der Waals surface area contributed by atoms with Gasteiger partial charge in [-0.2, -0.15) is 17.0 Å². The number of nitrogens with zero attached hydrogens (tertiary/aromatic N) is 1. The van der Waals surface area contributed by atoms with E-state index in [1.54, 1.807) is 0 Å². The third-order valence-corrected chi connectivity index (χ3v) is 3.19. The maximum Gasteiger partial charge on any atom is 0.104 e. The fourth-order valence-corrected chi connectivity index (χ4v) is 2.99. The molecule has 2 nitrogen and oxygen atoms in total. The molecule has 2 unspecified atom stereocenters. The van der Waals surface area contributed by atoms with Crippen molar-refractivity contribution in [1.29, 1.82) is 5.26 Å². The Morgan fingerprint density at radius 3 is 2.36 bits per heavy atom. The van der Waals surface area contributed by atoms with Crippen LogP contribution in [-0.2, 0) is 0 Å². The monoisotopic (exact) mass is 214 g/mol. The Bertz CT molecular complexity index is 198. The van der Waals surface area contributed by atoms with E-state index in [4.69, 9.17) is 5.26 Å². The fraction of sp³-hybridized carbons (Fsp3) is 0.909. The van der Waals surface area contributed by atoms with Crippen molar-refractivity contribution < 1.29 is 0 Å². The van der Waals surface area contributed by atoms with Crippen LogP contribution in [0.4, 0.5) is 0 Å². The van der Waals surface area contributed by atoms with Crippen LogP contribution in [0.2, 0.25) is 0 Å². The zero-order valence-corrected chi connectivity index (χ0v) is 10.7. The van der Waals surface area contributed by atoms with Gasteiger partial charge in [0.1, 0.15) is 5.54 Å². The highest BCUT2D eigenvalue weighted by Gasteiger charge is 2.25. The molecule has 0 heterocycles. The maximum absolute atomic E-state index is 9.08. The summed E-state index contributed by atoms with van der Waals surface area (Å²) in [6, 6.07) is 2.36. The first-order valence-electron chi connectivity index (χ1n) is 5.25. The molecule has 0 rings (SSSR count). The highest BCUT2D eigenvalue weighted by Crippen LogP contribution is 2.24. The van der Waals surface area contributed by atoms with Gasteiger partial charge in [-0.05, 0) is 25.1 Å². The second kappa shape index (κ2) is 6.31. The number of nitriles is 1. The van der Waals surface area contributed by atoms with Gasteiger partial charge in [-0.15, -0.1) is 0 Å². The number of nitrogens with one attached hydrogen (secondary N) is 1. The first kappa shape index (κ1) is 13.8. The quantitative estimate of drug-likeness (QED) is 0.738. The number of thioether (sulfide) groups is 1. The molecule has 0 bridgehead atoms. The SMILES string of the molecule is CCNC(C)(C#N)CC(C)SC(C)C. The van der Waals surface area contributed by atoms with Gasteiger partial charge in [0, 0.05) is 5.25 Å². The van der Waals surface area contributed by atoms with Crippen LogP contribution in [0.1, 0.15) is 41.0 Å². The molecule has 0 spiro atoms. The molecule has 1 N–H and O–H groups in total. The molecule has 0 saturated heterocycles. The average molecular weight is 214 g/mol. The van der Waals surface area contributed by atoms with Crippen LogP contribution in [-0.4, -0.2) is 22.6 Å². The molecule has 0 aliphatic carbocycles. The van der Waals surface area contributed by atoms with Crippen molar-refractivity contribution in [3.8, 4) is 6.07 Å². The van der Waals surface area contributed by atoms with Gasteiger partial charge in [-0.1, -0.05) is 27.7 Å². The van der Waals surface area contributed by atoms with E-state index in [0.29, 0.717) is 10.5 Å². The summed E-state index contributed by atoms with van der Waals surface area (Å²) in [5.74, 6) is 0. The molecule has 0 aliphatic rings. The fourth-order valence-electron chi connectivity index (χ4n) is 1.64. The Balaban J connectivity index is 4.11. The highest BCUT2D eigenvalue weighted by molar-refractivity contribution is 8.00. The van der Waals surface area contributed by atoms with Gasteiger partial charge in [0.05, 0.1) is 6.07 Å².